The van der Waals surface area contributed by atoms with Crippen LogP contribution in [0.3, 0.4) is 0 Å². The van der Waals surface area contributed by atoms with Gasteiger partial charge in [0, 0.05) is 25.4 Å². The Kier molecular flexibility index (Phi) is 11.5. The molecular formula is C18H38O3Si. The van der Waals surface area contributed by atoms with E-state index in [-0.39, 0.29) is 0 Å². The molecule has 1 rings (SSSR count). The van der Waals surface area contributed by atoms with Crippen LogP contribution >= 0.6 is 0 Å². The molecule has 4 heteroatoms. The van der Waals surface area contributed by atoms with Crippen molar-refractivity contribution < 1.29 is 13.3 Å². The lowest BCUT2D eigenvalue weighted by Gasteiger charge is -2.35. The molecule has 1 aliphatic carbocycles. The van der Waals surface area contributed by atoms with Crippen LogP contribution in [0.15, 0.2) is 0 Å². The van der Waals surface area contributed by atoms with E-state index in [4.69, 9.17) is 13.3 Å². The molecule has 22 heavy (non-hydrogen) atoms. The first kappa shape index (κ1) is 20.1. The van der Waals surface area contributed by atoms with Gasteiger partial charge < -0.3 is 13.3 Å². The SMILES string of the molecule is CCO[Si](OCC)(OCC)C1CCCCCCCCCCC1. The average Bonchev–Trinajstić information content (AvgIpc) is 2.48. The molecule has 0 bridgehead atoms. The molecule has 1 fully saturated rings. The zero-order chi connectivity index (χ0) is 16.1. The van der Waals surface area contributed by atoms with Crippen LogP contribution in [0.5, 0.6) is 0 Å². The van der Waals surface area contributed by atoms with Gasteiger partial charge in [-0.25, -0.2) is 0 Å². The predicted octanol–water partition coefficient (Wildman–Crippen LogP) is 5.71. The van der Waals surface area contributed by atoms with Crippen LogP contribution in [0.4, 0.5) is 0 Å². The van der Waals surface area contributed by atoms with E-state index in [9.17, 15) is 0 Å². The largest absolute Gasteiger partial charge is 0.504 e. The van der Waals surface area contributed by atoms with Gasteiger partial charge in [0.05, 0.1) is 0 Å². The maximum atomic E-state index is 6.17. The fraction of sp³-hybridized carbons (Fsp3) is 1.00. The normalized spacial score (nSPS) is 20.3. The molecule has 0 aromatic rings. The maximum Gasteiger partial charge on any atom is 0.504 e. The molecule has 1 aliphatic rings. The summed E-state index contributed by atoms with van der Waals surface area (Å²) >= 11 is 0. The van der Waals surface area contributed by atoms with E-state index in [2.05, 4.69) is 20.8 Å². The quantitative estimate of drug-likeness (QED) is 0.560. The first-order valence-electron chi connectivity index (χ1n) is 9.70. The Labute approximate surface area is 139 Å². The second-order valence-corrected chi connectivity index (χ2v) is 9.25. The van der Waals surface area contributed by atoms with E-state index < -0.39 is 8.80 Å². The summed E-state index contributed by atoms with van der Waals surface area (Å²) < 4.78 is 18.5. The molecule has 0 saturated heterocycles. The summed E-state index contributed by atoms with van der Waals surface area (Å²) in [6.07, 6.45) is 14.8. The Balaban J connectivity index is 2.74. The molecular weight excluding hydrogens is 292 g/mol. The Morgan fingerprint density at radius 3 is 1.23 bits per heavy atom. The summed E-state index contributed by atoms with van der Waals surface area (Å²) in [5.74, 6) is 0. The second-order valence-electron chi connectivity index (χ2n) is 6.36. The Bertz CT molecular complexity index is 232. The number of hydrogen-bond donors (Lipinski definition) is 0. The minimum atomic E-state index is -2.52. The van der Waals surface area contributed by atoms with Gasteiger partial charge in [-0.2, -0.15) is 0 Å². The van der Waals surface area contributed by atoms with Gasteiger partial charge >= 0.3 is 8.80 Å². The van der Waals surface area contributed by atoms with E-state index >= 15 is 0 Å². The van der Waals surface area contributed by atoms with Gasteiger partial charge in [-0.1, -0.05) is 57.8 Å². The van der Waals surface area contributed by atoms with Crippen molar-refractivity contribution in [3.05, 3.63) is 0 Å². The molecule has 3 nitrogen and oxygen atoms in total. The van der Waals surface area contributed by atoms with Crippen molar-refractivity contribution in [2.45, 2.75) is 96.9 Å². The molecule has 0 N–H and O–H groups in total. The van der Waals surface area contributed by atoms with E-state index in [0.717, 1.165) is 0 Å². The summed E-state index contributed by atoms with van der Waals surface area (Å²) in [5, 5.41) is 0. The fourth-order valence-electron chi connectivity index (χ4n) is 3.60. The highest BCUT2D eigenvalue weighted by Crippen LogP contribution is 2.36. The molecule has 0 heterocycles. The third-order valence-corrected chi connectivity index (χ3v) is 8.29. The van der Waals surface area contributed by atoms with Gasteiger partial charge in [-0.3, -0.25) is 0 Å². The van der Waals surface area contributed by atoms with Crippen LogP contribution in [-0.2, 0) is 13.3 Å². The summed E-state index contributed by atoms with van der Waals surface area (Å²) in [7, 11) is -2.52. The van der Waals surface area contributed by atoms with Crippen molar-refractivity contribution in [3.8, 4) is 0 Å². The molecule has 0 atom stereocenters. The Morgan fingerprint density at radius 1 is 0.591 bits per heavy atom. The lowest BCUT2D eigenvalue weighted by molar-refractivity contribution is 0.0579. The zero-order valence-corrected chi connectivity index (χ0v) is 16.2. The van der Waals surface area contributed by atoms with Crippen molar-refractivity contribution in [2.24, 2.45) is 0 Å². The fourth-order valence-corrected chi connectivity index (χ4v) is 6.88. The second kappa shape index (κ2) is 12.5. The van der Waals surface area contributed by atoms with Gasteiger partial charge in [0.25, 0.3) is 0 Å². The lowest BCUT2D eigenvalue weighted by atomic mass is 10.0. The number of hydrogen-bond acceptors (Lipinski definition) is 3. The van der Waals surface area contributed by atoms with E-state index in [1.807, 2.05) is 0 Å². The average molecular weight is 331 g/mol. The number of rotatable bonds is 7. The van der Waals surface area contributed by atoms with Gasteiger partial charge in [-0.05, 0) is 33.6 Å². The van der Waals surface area contributed by atoms with Crippen LogP contribution in [0.25, 0.3) is 0 Å². The summed E-state index contributed by atoms with van der Waals surface area (Å²) in [4.78, 5) is 0. The highest BCUT2D eigenvalue weighted by molar-refractivity contribution is 6.62. The van der Waals surface area contributed by atoms with E-state index in [0.29, 0.717) is 25.4 Å². The van der Waals surface area contributed by atoms with Crippen molar-refractivity contribution in [2.75, 3.05) is 19.8 Å². The van der Waals surface area contributed by atoms with E-state index in [1.54, 1.807) is 0 Å². The molecule has 1 saturated carbocycles. The Hall–Kier alpha value is 0.0969. The standard InChI is InChI=1S/C18H38O3Si/c1-4-19-22(20-5-2,21-6-3)18-16-14-12-10-8-7-9-11-13-15-17-18/h18H,4-17H2,1-3H3. The van der Waals surface area contributed by atoms with Crippen molar-refractivity contribution >= 4 is 8.80 Å². The summed E-state index contributed by atoms with van der Waals surface area (Å²) in [5.41, 5.74) is 0.492. The van der Waals surface area contributed by atoms with Crippen LogP contribution in [-0.4, -0.2) is 28.6 Å². The van der Waals surface area contributed by atoms with Crippen molar-refractivity contribution in [1.29, 1.82) is 0 Å². The third kappa shape index (κ3) is 7.11. The smallest absolute Gasteiger partial charge is 0.374 e. The highest BCUT2D eigenvalue weighted by Gasteiger charge is 2.48. The minimum absolute atomic E-state index is 0.492. The van der Waals surface area contributed by atoms with Crippen LogP contribution < -0.4 is 0 Å². The molecule has 0 amide bonds. The minimum Gasteiger partial charge on any atom is -0.374 e. The van der Waals surface area contributed by atoms with Crippen LogP contribution in [0, 0.1) is 0 Å². The van der Waals surface area contributed by atoms with Gasteiger partial charge in [0.15, 0.2) is 0 Å². The molecule has 132 valence electrons. The molecule has 0 unspecified atom stereocenters. The highest BCUT2D eigenvalue weighted by atomic mass is 28.4. The maximum absolute atomic E-state index is 6.17. The van der Waals surface area contributed by atoms with Crippen LogP contribution in [0.2, 0.25) is 5.54 Å². The first-order chi connectivity index (χ1) is 10.8. The lowest BCUT2D eigenvalue weighted by Crippen LogP contribution is -2.50. The summed E-state index contributed by atoms with van der Waals surface area (Å²) in [6, 6.07) is 0. The van der Waals surface area contributed by atoms with Crippen LogP contribution in [0.1, 0.15) is 91.4 Å². The molecule has 0 radical (unpaired) electrons. The molecule has 0 spiro atoms. The van der Waals surface area contributed by atoms with Gasteiger partial charge in [-0.15, -0.1) is 0 Å². The third-order valence-electron chi connectivity index (χ3n) is 4.64. The molecule has 0 aromatic carbocycles. The predicted molar refractivity (Wildman–Crippen MR) is 95.2 cm³/mol. The van der Waals surface area contributed by atoms with Gasteiger partial charge in [0.2, 0.25) is 0 Å². The van der Waals surface area contributed by atoms with E-state index in [1.165, 1.54) is 70.6 Å². The van der Waals surface area contributed by atoms with Gasteiger partial charge in [0.1, 0.15) is 0 Å². The van der Waals surface area contributed by atoms with Crippen molar-refractivity contribution in [3.63, 3.8) is 0 Å². The first-order valence-corrected chi connectivity index (χ1v) is 11.5. The molecule has 0 aliphatic heterocycles. The summed E-state index contributed by atoms with van der Waals surface area (Å²) in [6.45, 7) is 8.29. The van der Waals surface area contributed by atoms with Crippen molar-refractivity contribution in [1.82, 2.24) is 0 Å². The zero-order valence-electron chi connectivity index (χ0n) is 15.2. The molecule has 0 aromatic heterocycles. The topological polar surface area (TPSA) is 27.7 Å². The monoisotopic (exact) mass is 330 g/mol. The Morgan fingerprint density at radius 2 is 0.909 bits per heavy atom.